The van der Waals surface area contributed by atoms with Crippen molar-refractivity contribution in [2.24, 2.45) is 5.92 Å². The lowest BCUT2D eigenvalue weighted by molar-refractivity contribution is -0.137. The van der Waals surface area contributed by atoms with Gasteiger partial charge in [0.25, 0.3) is 0 Å². The summed E-state index contributed by atoms with van der Waals surface area (Å²) in [5, 5.41) is 3.01. The van der Waals surface area contributed by atoms with E-state index in [1.54, 1.807) is 12.1 Å². The van der Waals surface area contributed by atoms with Gasteiger partial charge in [-0.25, -0.2) is 9.18 Å². The molecule has 3 fully saturated rings. The Balaban J connectivity index is 1.25. The summed E-state index contributed by atoms with van der Waals surface area (Å²) in [4.78, 5) is 30.7. The second-order valence-corrected chi connectivity index (χ2v) is 7.75. The third-order valence-corrected chi connectivity index (χ3v) is 5.82. The summed E-state index contributed by atoms with van der Waals surface area (Å²) in [6, 6.07) is 7.17. The number of nitrogens with zero attached hydrogens (tertiary/aromatic N) is 3. The van der Waals surface area contributed by atoms with Crippen LogP contribution in [0.15, 0.2) is 24.3 Å². The fraction of sp³-hybridized carbons (Fsp3) is 0.600. The Hall–Kier alpha value is -2.31. The van der Waals surface area contributed by atoms with Gasteiger partial charge >= 0.3 is 6.03 Å². The van der Waals surface area contributed by atoms with Crippen molar-refractivity contribution in [2.45, 2.75) is 31.7 Å². The highest BCUT2D eigenvalue weighted by atomic mass is 19.1. The van der Waals surface area contributed by atoms with E-state index in [9.17, 15) is 14.0 Å². The van der Waals surface area contributed by atoms with Crippen molar-refractivity contribution in [1.82, 2.24) is 15.1 Å². The minimum absolute atomic E-state index is 0.00464. The first-order valence-electron chi connectivity index (χ1n) is 9.95. The summed E-state index contributed by atoms with van der Waals surface area (Å²) in [6.07, 6.45) is 3.62. The number of carbonyl (C=O) groups is 2. The van der Waals surface area contributed by atoms with E-state index in [2.05, 4.69) is 5.32 Å². The number of halogens is 1. The number of piperazine rings is 1. The molecule has 1 aromatic rings. The molecule has 1 saturated carbocycles. The Kier molecular flexibility index (Phi) is 5.18. The molecule has 3 aliphatic rings. The summed E-state index contributed by atoms with van der Waals surface area (Å²) in [6.45, 7) is 3.82. The number of amides is 3. The largest absolute Gasteiger partial charge is 0.366 e. The topological polar surface area (TPSA) is 55.9 Å². The van der Waals surface area contributed by atoms with Crippen molar-refractivity contribution < 1.29 is 14.0 Å². The molecule has 4 rings (SSSR count). The van der Waals surface area contributed by atoms with Crippen LogP contribution in [-0.2, 0) is 4.79 Å². The monoisotopic (exact) mass is 374 g/mol. The lowest BCUT2D eigenvalue weighted by atomic mass is 9.95. The van der Waals surface area contributed by atoms with Gasteiger partial charge in [0.1, 0.15) is 5.82 Å². The quantitative estimate of drug-likeness (QED) is 0.881. The molecular formula is C20H27FN4O2. The van der Waals surface area contributed by atoms with Crippen molar-refractivity contribution in [1.29, 1.82) is 0 Å². The molecule has 146 valence electrons. The first-order valence-corrected chi connectivity index (χ1v) is 9.95. The standard InChI is InChI=1S/C20H27FN4O2/c21-17-3-1-2-4-18(17)23-11-13-24(14-12-23)19(26)15-7-9-25(10-8-15)20(27)22-16-5-6-16/h1-4,15-16H,5-14H2,(H,22,27). The zero-order valence-electron chi connectivity index (χ0n) is 15.6. The molecule has 0 unspecified atom stereocenters. The van der Waals surface area contributed by atoms with E-state index >= 15 is 0 Å². The molecule has 6 nitrogen and oxygen atoms in total. The second kappa shape index (κ2) is 7.74. The first kappa shape index (κ1) is 18.1. The Labute approximate surface area is 159 Å². The molecule has 0 spiro atoms. The summed E-state index contributed by atoms with van der Waals surface area (Å²) in [5.41, 5.74) is 0.611. The van der Waals surface area contributed by atoms with Crippen LogP contribution in [0.25, 0.3) is 0 Å². The van der Waals surface area contributed by atoms with Crippen LogP contribution >= 0.6 is 0 Å². The summed E-state index contributed by atoms with van der Waals surface area (Å²) < 4.78 is 13.9. The van der Waals surface area contributed by atoms with Crippen LogP contribution < -0.4 is 10.2 Å². The number of urea groups is 1. The lowest BCUT2D eigenvalue weighted by Crippen LogP contribution is -2.52. The second-order valence-electron chi connectivity index (χ2n) is 7.75. The predicted molar refractivity (Wildman–Crippen MR) is 101 cm³/mol. The Morgan fingerprint density at radius 1 is 0.889 bits per heavy atom. The van der Waals surface area contributed by atoms with E-state index in [0.29, 0.717) is 51.0 Å². The molecule has 1 N–H and O–H groups in total. The van der Waals surface area contributed by atoms with Crippen LogP contribution in [0.3, 0.4) is 0 Å². The maximum atomic E-state index is 13.9. The van der Waals surface area contributed by atoms with Gasteiger partial charge in [0, 0.05) is 51.2 Å². The number of hydrogen-bond acceptors (Lipinski definition) is 3. The van der Waals surface area contributed by atoms with Crippen LogP contribution in [-0.4, -0.2) is 67.0 Å². The normalized spacial score (nSPS) is 21.3. The maximum absolute atomic E-state index is 13.9. The van der Waals surface area contributed by atoms with Gasteiger partial charge < -0.3 is 20.0 Å². The highest BCUT2D eigenvalue weighted by molar-refractivity contribution is 5.80. The van der Waals surface area contributed by atoms with Gasteiger partial charge in [-0.3, -0.25) is 4.79 Å². The third-order valence-electron chi connectivity index (χ3n) is 5.82. The predicted octanol–water partition coefficient (Wildman–Crippen LogP) is 2.06. The van der Waals surface area contributed by atoms with Crippen LogP contribution in [0, 0.1) is 11.7 Å². The van der Waals surface area contributed by atoms with E-state index in [0.717, 1.165) is 25.7 Å². The maximum Gasteiger partial charge on any atom is 0.317 e. The molecule has 2 saturated heterocycles. The van der Waals surface area contributed by atoms with Gasteiger partial charge in [-0.1, -0.05) is 12.1 Å². The highest BCUT2D eigenvalue weighted by Gasteiger charge is 2.33. The van der Waals surface area contributed by atoms with Crippen molar-refractivity contribution >= 4 is 17.6 Å². The third kappa shape index (κ3) is 4.17. The lowest BCUT2D eigenvalue weighted by Gasteiger charge is -2.39. The number of rotatable bonds is 3. The van der Waals surface area contributed by atoms with Crippen LogP contribution in [0.1, 0.15) is 25.7 Å². The van der Waals surface area contributed by atoms with Crippen molar-refractivity contribution in [3.8, 4) is 0 Å². The fourth-order valence-electron chi connectivity index (χ4n) is 3.96. The summed E-state index contributed by atoms with van der Waals surface area (Å²) >= 11 is 0. The van der Waals surface area contributed by atoms with E-state index < -0.39 is 0 Å². The van der Waals surface area contributed by atoms with Crippen LogP contribution in [0.2, 0.25) is 0 Å². The number of benzene rings is 1. The van der Waals surface area contributed by atoms with E-state index in [1.807, 2.05) is 20.8 Å². The molecule has 27 heavy (non-hydrogen) atoms. The minimum atomic E-state index is -0.214. The average molecular weight is 374 g/mol. The number of nitrogens with one attached hydrogen (secondary N) is 1. The molecule has 0 bridgehead atoms. The molecule has 3 amide bonds. The molecule has 0 radical (unpaired) electrons. The van der Waals surface area contributed by atoms with E-state index in [4.69, 9.17) is 0 Å². The van der Waals surface area contributed by atoms with Gasteiger partial charge in [-0.2, -0.15) is 0 Å². The van der Waals surface area contributed by atoms with Crippen molar-refractivity contribution in [3.05, 3.63) is 30.1 Å². The van der Waals surface area contributed by atoms with E-state index in [1.165, 1.54) is 6.07 Å². The molecule has 2 heterocycles. The molecular weight excluding hydrogens is 347 g/mol. The number of carbonyl (C=O) groups excluding carboxylic acids is 2. The van der Waals surface area contributed by atoms with Gasteiger partial charge in [0.2, 0.25) is 5.91 Å². The zero-order valence-corrected chi connectivity index (χ0v) is 15.6. The average Bonchev–Trinajstić information content (AvgIpc) is 3.52. The molecule has 0 aromatic heterocycles. The SMILES string of the molecule is O=C(NC1CC1)N1CCC(C(=O)N2CCN(c3ccccc3F)CC2)CC1. The number of likely N-dealkylation sites (tertiary alicyclic amines) is 1. The van der Waals surface area contributed by atoms with Crippen LogP contribution in [0.5, 0.6) is 0 Å². The number of para-hydroxylation sites is 1. The van der Waals surface area contributed by atoms with Gasteiger partial charge in [-0.15, -0.1) is 0 Å². The molecule has 0 atom stereocenters. The number of piperidine rings is 1. The molecule has 7 heteroatoms. The smallest absolute Gasteiger partial charge is 0.317 e. The first-order chi connectivity index (χ1) is 13.1. The molecule has 1 aromatic carbocycles. The van der Waals surface area contributed by atoms with Gasteiger partial charge in [0.15, 0.2) is 0 Å². The Morgan fingerprint density at radius 3 is 2.19 bits per heavy atom. The fourth-order valence-corrected chi connectivity index (χ4v) is 3.96. The highest BCUT2D eigenvalue weighted by Crippen LogP contribution is 2.24. The summed E-state index contributed by atoms with van der Waals surface area (Å²) in [7, 11) is 0. The van der Waals surface area contributed by atoms with E-state index in [-0.39, 0.29) is 23.7 Å². The number of anilines is 1. The molecule has 2 aliphatic heterocycles. The summed E-state index contributed by atoms with van der Waals surface area (Å²) in [5.74, 6) is -0.0328. The van der Waals surface area contributed by atoms with Crippen LogP contribution in [0.4, 0.5) is 14.9 Å². The minimum Gasteiger partial charge on any atom is -0.366 e. The number of hydrogen-bond donors (Lipinski definition) is 1. The molecule has 1 aliphatic carbocycles. The van der Waals surface area contributed by atoms with Gasteiger partial charge in [0.05, 0.1) is 5.69 Å². The van der Waals surface area contributed by atoms with Crippen molar-refractivity contribution in [2.75, 3.05) is 44.2 Å². The zero-order chi connectivity index (χ0) is 18.8. The van der Waals surface area contributed by atoms with Crippen molar-refractivity contribution in [3.63, 3.8) is 0 Å². The Morgan fingerprint density at radius 2 is 1.56 bits per heavy atom. The Bertz CT molecular complexity index is 693. The van der Waals surface area contributed by atoms with Gasteiger partial charge in [-0.05, 0) is 37.8 Å².